The Kier molecular flexibility index (Phi) is 2.67. The molecule has 92 valence electrons. The van der Waals surface area contributed by atoms with Gasteiger partial charge in [-0.25, -0.2) is 4.39 Å². The SMILES string of the molecule is Oc1ccc2c(c1)NCCC2c1ccccc1F. The molecule has 0 saturated carbocycles. The molecule has 1 aliphatic rings. The molecule has 0 spiro atoms. The smallest absolute Gasteiger partial charge is 0.127 e. The van der Waals surface area contributed by atoms with Gasteiger partial charge in [0.1, 0.15) is 11.6 Å². The third-order valence-corrected chi connectivity index (χ3v) is 3.44. The molecular weight excluding hydrogens is 229 g/mol. The van der Waals surface area contributed by atoms with E-state index in [0.717, 1.165) is 29.8 Å². The van der Waals surface area contributed by atoms with Crippen LogP contribution in [0.2, 0.25) is 0 Å². The molecule has 3 heteroatoms. The number of phenolic OH excluding ortho intramolecular Hbond substituents is 1. The number of rotatable bonds is 1. The van der Waals surface area contributed by atoms with E-state index in [-0.39, 0.29) is 17.5 Å². The zero-order valence-corrected chi connectivity index (χ0v) is 9.86. The number of nitrogens with one attached hydrogen (secondary N) is 1. The molecule has 1 unspecified atom stereocenters. The van der Waals surface area contributed by atoms with Crippen molar-refractivity contribution in [3.63, 3.8) is 0 Å². The standard InChI is InChI=1S/C15H14FNO/c16-14-4-2-1-3-12(14)11-7-8-17-15-9-10(18)5-6-13(11)15/h1-6,9,11,17-18H,7-8H2. The number of anilines is 1. The fourth-order valence-electron chi connectivity index (χ4n) is 2.59. The van der Waals surface area contributed by atoms with Crippen LogP contribution < -0.4 is 5.32 Å². The monoisotopic (exact) mass is 243 g/mol. The van der Waals surface area contributed by atoms with Crippen LogP contribution in [0.25, 0.3) is 0 Å². The van der Waals surface area contributed by atoms with Crippen molar-refractivity contribution in [2.24, 2.45) is 0 Å². The normalized spacial score (nSPS) is 17.9. The van der Waals surface area contributed by atoms with Crippen LogP contribution in [-0.2, 0) is 0 Å². The first kappa shape index (κ1) is 11.1. The van der Waals surface area contributed by atoms with E-state index in [0.29, 0.717) is 0 Å². The molecule has 0 amide bonds. The van der Waals surface area contributed by atoms with Crippen molar-refractivity contribution in [2.75, 3.05) is 11.9 Å². The van der Waals surface area contributed by atoms with Crippen LogP contribution >= 0.6 is 0 Å². The van der Waals surface area contributed by atoms with E-state index in [2.05, 4.69) is 5.32 Å². The number of halogens is 1. The van der Waals surface area contributed by atoms with Gasteiger partial charge in [-0.2, -0.15) is 0 Å². The Hall–Kier alpha value is -2.03. The van der Waals surface area contributed by atoms with Gasteiger partial charge in [-0.3, -0.25) is 0 Å². The second kappa shape index (κ2) is 4.33. The van der Waals surface area contributed by atoms with Crippen molar-refractivity contribution in [1.29, 1.82) is 0 Å². The molecule has 2 aromatic rings. The van der Waals surface area contributed by atoms with Gasteiger partial charge < -0.3 is 10.4 Å². The lowest BCUT2D eigenvalue weighted by Crippen LogP contribution is -2.18. The molecule has 2 aromatic carbocycles. The van der Waals surface area contributed by atoms with Crippen LogP contribution in [0, 0.1) is 5.82 Å². The highest BCUT2D eigenvalue weighted by molar-refractivity contribution is 5.60. The quantitative estimate of drug-likeness (QED) is 0.803. The van der Waals surface area contributed by atoms with Gasteiger partial charge in [0.15, 0.2) is 0 Å². The maximum absolute atomic E-state index is 13.9. The number of hydrogen-bond acceptors (Lipinski definition) is 2. The summed E-state index contributed by atoms with van der Waals surface area (Å²) in [6.45, 7) is 0.787. The van der Waals surface area contributed by atoms with Gasteiger partial charge in [-0.1, -0.05) is 24.3 Å². The van der Waals surface area contributed by atoms with Crippen LogP contribution in [0.4, 0.5) is 10.1 Å². The topological polar surface area (TPSA) is 32.3 Å². The Morgan fingerprint density at radius 2 is 1.94 bits per heavy atom. The Balaban J connectivity index is 2.09. The summed E-state index contributed by atoms with van der Waals surface area (Å²) in [6.07, 6.45) is 0.860. The Morgan fingerprint density at radius 3 is 2.78 bits per heavy atom. The van der Waals surface area contributed by atoms with Crippen LogP contribution in [0.1, 0.15) is 23.5 Å². The molecule has 1 aliphatic heterocycles. The van der Waals surface area contributed by atoms with Crippen LogP contribution in [-0.4, -0.2) is 11.7 Å². The predicted molar refractivity (Wildman–Crippen MR) is 69.5 cm³/mol. The van der Waals surface area contributed by atoms with Crippen LogP contribution in [0.15, 0.2) is 42.5 Å². The molecule has 2 N–H and O–H groups in total. The average Bonchev–Trinajstić information content (AvgIpc) is 2.38. The van der Waals surface area contributed by atoms with Gasteiger partial charge in [0, 0.05) is 24.2 Å². The minimum absolute atomic E-state index is 0.0584. The van der Waals surface area contributed by atoms with Crippen molar-refractivity contribution < 1.29 is 9.50 Å². The largest absolute Gasteiger partial charge is 0.508 e. The van der Waals surface area contributed by atoms with E-state index >= 15 is 0 Å². The molecule has 0 fully saturated rings. The fraction of sp³-hybridized carbons (Fsp3) is 0.200. The minimum atomic E-state index is -0.163. The zero-order chi connectivity index (χ0) is 12.5. The highest BCUT2D eigenvalue weighted by atomic mass is 19.1. The number of hydrogen-bond donors (Lipinski definition) is 2. The van der Waals surface area contributed by atoms with E-state index in [1.165, 1.54) is 6.07 Å². The van der Waals surface area contributed by atoms with Crippen molar-refractivity contribution in [3.05, 3.63) is 59.4 Å². The molecule has 0 aliphatic carbocycles. The first-order valence-corrected chi connectivity index (χ1v) is 6.07. The van der Waals surface area contributed by atoms with E-state index < -0.39 is 0 Å². The van der Waals surface area contributed by atoms with Crippen LogP contribution in [0.3, 0.4) is 0 Å². The van der Waals surface area contributed by atoms with Crippen LogP contribution in [0.5, 0.6) is 5.75 Å². The van der Waals surface area contributed by atoms with Crippen molar-refractivity contribution in [2.45, 2.75) is 12.3 Å². The van der Waals surface area contributed by atoms with Gasteiger partial charge >= 0.3 is 0 Å². The lowest BCUT2D eigenvalue weighted by atomic mass is 9.85. The van der Waals surface area contributed by atoms with Crippen molar-refractivity contribution in [1.82, 2.24) is 0 Å². The van der Waals surface area contributed by atoms with Gasteiger partial charge in [0.25, 0.3) is 0 Å². The summed E-state index contributed by atoms with van der Waals surface area (Å²) >= 11 is 0. The van der Waals surface area contributed by atoms with E-state index in [1.54, 1.807) is 18.2 Å². The lowest BCUT2D eigenvalue weighted by Gasteiger charge is -2.27. The molecule has 1 atom stereocenters. The molecule has 18 heavy (non-hydrogen) atoms. The molecular formula is C15H14FNO. The predicted octanol–water partition coefficient (Wildman–Crippen LogP) is 3.48. The van der Waals surface area contributed by atoms with Crippen molar-refractivity contribution >= 4 is 5.69 Å². The number of benzene rings is 2. The maximum atomic E-state index is 13.9. The Labute approximate surface area is 105 Å². The fourth-order valence-corrected chi connectivity index (χ4v) is 2.59. The lowest BCUT2D eigenvalue weighted by molar-refractivity contribution is 0.475. The number of aromatic hydroxyl groups is 1. The molecule has 0 bridgehead atoms. The third kappa shape index (κ3) is 1.82. The average molecular weight is 243 g/mol. The second-order valence-corrected chi connectivity index (χ2v) is 4.56. The summed E-state index contributed by atoms with van der Waals surface area (Å²) in [5, 5.41) is 12.7. The van der Waals surface area contributed by atoms with Gasteiger partial charge in [0.2, 0.25) is 0 Å². The second-order valence-electron chi connectivity index (χ2n) is 4.56. The number of fused-ring (bicyclic) bond motifs is 1. The van der Waals surface area contributed by atoms with E-state index in [9.17, 15) is 9.50 Å². The first-order chi connectivity index (χ1) is 8.75. The van der Waals surface area contributed by atoms with Gasteiger partial charge in [0.05, 0.1) is 0 Å². The summed E-state index contributed by atoms with van der Waals surface area (Å²) in [6, 6.07) is 12.1. The summed E-state index contributed by atoms with van der Waals surface area (Å²) in [5.41, 5.74) is 2.67. The summed E-state index contributed by atoms with van der Waals surface area (Å²) in [5.74, 6) is 0.127. The summed E-state index contributed by atoms with van der Waals surface area (Å²) < 4.78 is 13.9. The first-order valence-electron chi connectivity index (χ1n) is 6.07. The highest BCUT2D eigenvalue weighted by Gasteiger charge is 2.23. The maximum Gasteiger partial charge on any atom is 0.127 e. The van der Waals surface area contributed by atoms with Gasteiger partial charge in [-0.05, 0) is 29.7 Å². The minimum Gasteiger partial charge on any atom is -0.508 e. The number of phenols is 1. The molecule has 3 rings (SSSR count). The molecule has 0 aromatic heterocycles. The highest BCUT2D eigenvalue weighted by Crippen LogP contribution is 2.38. The molecule has 1 heterocycles. The summed E-state index contributed by atoms with van der Waals surface area (Å²) in [7, 11) is 0. The third-order valence-electron chi connectivity index (χ3n) is 3.44. The van der Waals surface area contributed by atoms with E-state index in [1.807, 2.05) is 18.2 Å². The summed E-state index contributed by atoms with van der Waals surface area (Å²) in [4.78, 5) is 0. The Bertz CT molecular complexity index is 582. The Morgan fingerprint density at radius 1 is 1.11 bits per heavy atom. The van der Waals surface area contributed by atoms with E-state index in [4.69, 9.17) is 0 Å². The zero-order valence-electron chi connectivity index (χ0n) is 9.86. The molecule has 0 saturated heterocycles. The van der Waals surface area contributed by atoms with Gasteiger partial charge in [-0.15, -0.1) is 0 Å². The molecule has 2 nitrogen and oxygen atoms in total. The molecule has 0 radical (unpaired) electrons. The van der Waals surface area contributed by atoms with Crippen molar-refractivity contribution in [3.8, 4) is 5.75 Å².